The fourth-order valence-corrected chi connectivity index (χ4v) is 6.41. The van der Waals surface area contributed by atoms with Crippen molar-refractivity contribution in [3.8, 4) is 0 Å². The number of benzene rings is 1. The molecule has 0 spiro atoms. The summed E-state index contributed by atoms with van der Waals surface area (Å²) in [6.07, 6.45) is 13.5. The Hall–Kier alpha value is -2.77. The zero-order valence-corrected chi connectivity index (χ0v) is 24.2. The van der Waals surface area contributed by atoms with Gasteiger partial charge in [0.05, 0.1) is 18.8 Å². The molecule has 1 amide bonds. The molecule has 1 aromatic carbocycles. The topological polar surface area (TPSA) is 72.3 Å². The molecular formula is C32H47N5O2. The Balaban J connectivity index is 1.33. The molecule has 0 bridgehead atoms. The number of aryl methyl sites for hydroxylation is 1. The van der Waals surface area contributed by atoms with Crippen molar-refractivity contribution >= 4 is 6.41 Å². The third kappa shape index (κ3) is 7.46. The van der Waals surface area contributed by atoms with Crippen molar-refractivity contribution in [3.05, 3.63) is 72.4 Å². The van der Waals surface area contributed by atoms with Crippen molar-refractivity contribution in [1.29, 1.82) is 0 Å². The Morgan fingerprint density at radius 2 is 1.95 bits per heavy atom. The molecule has 2 fully saturated rings. The molecule has 4 rings (SSSR count). The molecule has 7 nitrogen and oxygen atoms in total. The number of carbonyl (C=O) groups excluding carboxylic acids is 1. The first kappa shape index (κ1) is 29.2. The van der Waals surface area contributed by atoms with E-state index >= 15 is 0 Å². The predicted octanol–water partition coefficient (Wildman–Crippen LogP) is 5.91. The molecule has 5 atom stereocenters. The van der Waals surface area contributed by atoms with Gasteiger partial charge in [0, 0.05) is 30.6 Å². The number of nitrogens with zero attached hydrogens (tertiary/aromatic N) is 4. The first-order chi connectivity index (χ1) is 18.9. The van der Waals surface area contributed by atoms with E-state index in [1.165, 1.54) is 12.8 Å². The van der Waals surface area contributed by atoms with Gasteiger partial charge >= 0.3 is 0 Å². The van der Waals surface area contributed by atoms with Crippen LogP contribution in [-0.2, 0) is 9.53 Å². The molecule has 2 aliphatic rings. The highest BCUT2D eigenvalue weighted by atomic mass is 16.5. The van der Waals surface area contributed by atoms with Crippen molar-refractivity contribution in [1.82, 2.24) is 25.0 Å². The van der Waals surface area contributed by atoms with Crippen LogP contribution in [0.15, 0.2) is 55.1 Å². The van der Waals surface area contributed by atoms with Gasteiger partial charge in [0.2, 0.25) is 6.41 Å². The molecule has 1 N–H and O–H groups in total. The van der Waals surface area contributed by atoms with Crippen molar-refractivity contribution in [3.63, 3.8) is 0 Å². The summed E-state index contributed by atoms with van der Waals surface area (Å²) in [6.45, 7) is 14.4. The number of aromatic nitrogens is 3. The molecule has 212 valence electrons. The summed E-state index contributed by atoms with van der Waals surface area (Å²) in [7, 11) is 0. The molecule has 1 saturated carbocycles. The van der Waals surface area contributed by atoms with Crippen molar-refractivity contribution in [2.24, 2.45) is 5.92 Å². The Morgan fingerprint density at radius 1 is 1.18 bits per heavy atom. The minimum absolute atomic E-state index is 0.0380. The lowest BCUT2D eigenvalue weighted by Gasteiger charge is -2.36. The van der Waals surface area contributed by atoms with E-state index in [9.17, 15) is 4.79 Å². The van der Waals surface area contributed by atoms with Crippen LogP contribution < -0.4 is 5.32 Å². The van der Waals surface area contributed by atoms with Gasteiger partial charge in [-0.15, -0.1) is 10.2 Å². The van der Waals surface area contributed by atoms with E-state index in [0.29, 0.717) is 36.1 Å². The monoisotopic (exact) mass is 533 g/mol. The lowest BCUT2D eigenvalue weighted by Crippen LogP contribution is -2.38. The Kier molecular flexibility index (Phi) is 10.5. The molecule has 0 radical (unpaired) electrons. The minimum Gasteiger partial charge on any atom is -0.378 e. The summed E-state index contributed by atoms with van der Waals surface area (Å²) in [4.78, 5) is 14.0. The fourth-order valence-electron chi connectivity index (χ4n) is 6.41. The number of allylic oxidation sites excluding steroid dienone is 2. The number of carbonyl (C=O) groups is 1. The number of ether oxygens (including phenoxy) is 1. The quantitative estimate of drug-likeness (QED) is 0.228. The molecular weight excluding hydrogens is 486 g/mol. The van der Waals surface area contributed by atoms with Crippen LogP contribution in [0.1, 0.15) is 94.5 Å². The summed E-state index contributed by atoms with van der Waals surface area (Å²) >= 11 is 0. The highest BCUT2D eigenvalue weighted by Gasteiger charge is 2.37. The number of hydrogen-bond acceptors (Lipinski definition) is 5. The van der Waals surface area contributed by atoms with Crippen LogP contribution in [0.25, 0.3) is 0 Å². The highest BCUT2D eigenvalue weighted by Crippen LogP contribution is 2.40. The summed E-state index contributed by atoms with van der Waals surface area (Å²) in [6, 6.07) is 11.7. The van der Waals surface area contributed by atoms with Gasteiger partial charge in [-0.1, -0.05) is 62.1 Å². The van der Waals surface area contributed by atoms with E-state index in [2.05, 4.69) is 77.5 Å². The normalized spacial score (nSPS) is 25.7. The van der Waals surface area contributed by atoms with E-state index in [1.54, 1.807) is 0 Å². The summed E-state index contributed by atoms with van der Waals surface area (Å²) in [5.41, 5.74) is 1.16. The number of hydrogen-bond donors (Lipinski definition) is 1. The van der Waals surface area contributed by atoms with Crippen molar-refractivity contribution < 1.29 is 9.53 Å². The second kappa shape index (κ2) is 14.0. The van der Waals surface area contributed by atoms with E-state index < -0.39 is 0 Å². The van der Waals surface area contributed by atoms with Crippen LogP contribution >= 0.6 is 0 Å². The molecule has 39 heavy (non-hydrogen) atoms. The third-order valence-corrected chi connectivity index (χ3v) is 8.68. The van der Waals surface area contributed by atoms with Gasteiger partial charge in [-0.2, -0.15) is 0 Å². The number of likely N-dealkylation sites (tertiary alicyclic amines) is 1. The van der Waals surface area contributed by atoms with Gasteiger partial charge in [0.25, 0.3) is 0 Å². The molecule has 1 aliphatic heterocycles. The maximum atomic E-state index is 11.3. The number of rotatable bonds is 15. The fraction of sp³-hybridized carbons (Fsp3) is 0.594. The van der Waals surface area contributed by atoms with Crippen LogP contribution in [0.5, 0.6) is 0 Å². The van der Waals surface area contributed by atoms with Crippen molar-refractivity contribution in [2.45, 2.75) is 102 Å². The highest BCUT2D eigenvalue weighted by molar-refractivity contribution is 5.47. The molecule has 7 heteroatoms. The van der Waals surface area contributed by atoms with Gasteiger partial charge in [0.15, 0.2) is 0 Å². The Labute approximate surface area is 234 Å². The lowest BCUT2D eigenvalue weighted by molar-refractivity contribution is -0.110. The van der Waals surface area contributed by atoms with Gasteiger partial charge in [-0.25, -0.2) is 0 Å². The summed E-state index contributed by atoms with van der Waals surface area (Å²) in [5.74, 6) is 2.93. The van der Waals surface area contributed by atoms with Crippen LogP contribution in [0, 0.1) is 12.8 Å². The maximum Gasteiger partial charge on any atom is 0.207 e. The maximum absolute atomic E-state index is 11.3. The van der Waals surface area contributed by atoms with Crippen LogP contribution in [0.2, 0.25) is 0 Å². The lowest BCUT2D eigenvalue weighted by atomic mass is 9.81. The first-order valence-electron chi connectivity index (χ1n) is 14.7. The van der Waals surface area contributed by atoms with Gasteiger partial charge in [0.1, 0.15) is 11.6 Å². The summed E-state index contributed by atoms with van der Waals surface area (Å²) < 4.78 is 8.54. The zero-order chi connectivity index (χ0) is 27.8. The number of nitrogens with one attached hydrogen (secondary N) is 1. The van der Waals surface area contributed by atoms with Crippen molar-refractivity contribution in [2.75, 3.05) is 13.2 Å². The SMILES string of the molecule is C=C/C=C\C(C)COC1CC(c2nnc(C)n2C(C)CC2CCC(C)N2CCC(NC=O)c2ccccc2)C1. The summed E-state index contributed by atoms with van der Waals surface area (Å²) in [5, 5.41) is 12.2. The second-order valence-electron chi connectivity index (χ2n) is 11.6. The standard InChI is InChI=1S/C32H47N5O2/c1-6-7-11-23(2)21-39-30-19-28(20-30)32-35-34-26(5)37(32)25(4)18-29-15-14-24(3)36(29)17-16-31(33-22-38)27-12-9-8-10-13-27/h6-13,22-25,28-31H,1,14-21H2,2-5H3,(H,33,38)/b11-7-. The largest absolute Gasteiger partial charge is 0.378 e. The third-order valence-electron chi connectivity index (χ3n) is 8.68. The molecule has 5 unspecified atom stereocenters. The van der Waals surface area contributed by atoms with Crippen LogP contribution in [0.3, 0.4) is 0 Å². The molecule has 1 aliphatic carbocycles. The average Bonchev–Trinajstić information content (AvgIpc) is 3.46. The smallest absolute Gasteiger partial charge is 0.207 e. The number of amides is 1. The van der Waals surface area contributed by atoms with Crippen LogP contribution in [0.4, 0.5) is 0 Å². The molecule has 2 aromatic rings. The molecule has 1 aromatic heterocycles. The van der Waals surface area contributed by atoms with E-state index in [4.69, 9.17) is 4.74 Å². The van der Waals surface area contributed by atoms with Gasteiger partial charge < -0.3 is 14.6 Å². The van der Waals surface area contributed by atoms with Crippen LogP contribution in [-0.4, -0.2) is 57.4 Å². The van der Waals surface area contributed by atoms with E-state index in [0.717, 1.165) is 62.5 Å². The zero-order valence-electron chi connectivity index (χ0n) is 24.2. The molecule has 1 saturated heterocycles. The Morgan fingerprint density at radius 3 is 2.67 bits per heavy atom. The average molecular weight is 534 g/mol. The minimum atomic E-state index is 0.0380. The van der Waals surface area contributed by atoms with Gasteiger partial charge in [-0.05, 0) is 70.8 Å². The van der Waals surface area contributed by atoms with E-state index in [1.807, 2.05) is 30.4 Å². The van der Waals surface area contributed by atoms with E-state index in [-0.39, 0.29) is 6.04 Å². The van der Waals surface area contributed by atoms with Gasteiger partial charge in [-0.3, -0.25) is 9.69 Å². The second-order valence-corrected chi connectivity index (χ2v) is 11.6. The predicted molar refractivity (Wildman–Crippen MR) is 156 cm³/mol. The Bertz CT molecular complexity index is 1080. The first-order valence-corrected chi connectivity index (χ1v) is 14.7. The molecule has 2 heterocycles.